The summed E-state index contributed by atoms with van der Waals surface area (Å²) in [5.41, 5.74) is 4.12. The molecule has 1 aliphatic heterocycles. The second kappa shape index (κ2) is 7.30. The Hall–Kier alpha value is -3.42. The van der Waals surface area contributed by atoms with Crippen molar-refractivity contribution >= 4 is 27.3 Å². The molecule has 0 fully saturated rings. The highest BCUT2D eigenvalue weighted by molar-refractivity contribution is 9.10. The Morgan fingerprint density at radius 2 is 1.75 bits per heavy atom. The summed E-state index contributed by atoms with van der Waals surface area (Å²) in [4.78, 5) is 0. The van der Waals surface area contributed by atoms with Crippen LogP contribution in [-0.2, 0) is 0 Å². The highest BCUT2D eigenvalue weighted by atomic mass is 79.9. The van der Waals surface area contributed by atoms with E-state index in [1.54, 1.807) is 9.69 Å². The molecule has 136 valence electrons. The number of hydrazone groups is 1. The van der Waals surface area contributed by atoms with E-state index in [0.717, 1.165) is 15.8 Å². The quantitative estimate of drug-likeness (QED) is 0.619. The number of nitrogens with zero attached hydrogens (tertiary/aromatic N) is 6. The number of para-hydroxylation sites is 1. The maximum absolute atomic E-state index is 9.71. The summed E-state index contributed by atoms with van der Waals surface area (Å²) in [7, 11) is 0. The van der Waals surface area contributed by atoms with Gasteiger partial charge in [0.1, 0.15) is 23.4 Å². The third-order valence-electron chi connectivity index (χ3n) is 4.60. The topological polar surface area (TPSA) is 81.0 Å². The molecule has 0 radical (unpaired) electrons. The van der Waals surface area contributed by atoms with E-state index < -0.39 is 6.04 Å². The van der Waals surface area contributed by atoms with Gasteiger partial charge in [0.2, 0.25) is 0 Å². The molecule has 0 spiro atoms. The molecule has 1 aliphatic rings. The normalized spacial score (nSPS) is 15.8. The molecule has 1 aromatic heterocycles. The second-order valence-electron chi connectivity index (χ2n) is 6.38. The monoisotopic (exact) mass is 430 g/mol. The standard InChI is InChI=1S/C21H15BrN6/c1-14-19(13-24)21(28(25-14)16-5-3-2-4-6-16)20-11-18(12-23)27(26-20)17-9-7-15(22)8-10-17/h2-10,18H,11H2,1H3. The van der Waals surface area contributed by atoms with Gasteiger partial charge < -0.3 is 0 Å². The fourth-order valence-corrected chi connectivity index (χ4v) is 3.53. The van der Waals surface area contributed by atoms with Gasteiger partial charge in [0.15, 0.2) is 0 Å². The van der Waals surface area contributed by atoms with Crippen molar-refractivity contribution < 1.29 is 0 Å². The maximum atomic E-state index is 9.71. The lowest BCUT2D eigenvalue weighted by Crippen LogP contribution is -2.24. The van der Waals surface area contributed by atoms with Crippen molar-refractivity contribution in [1.82, 2.24) is 9.78 Å². The largest absolute Gasteiger partial charge is 0.248 e. The van der Waals surface area contributed by atoms with Crippen molar-refractivity contribution in [1.29, 1.82) is 10.5 Å². The Balaban J connectivity index is 1.85. The summed E-state index contributed by atoms with van der Waals surface area (Å²) in [6.07, 6.45) is 0.416. The number of aryl methyl sites for hydroxylation is 1. The zero-order valence-corrected chi connectivity index (χ0v) is 16.6. The number of nitriles is 2. The second-order valence-corrected chi connectivity index (χ2v) is 7.30. The van der Waals surface area contributed by atoms with Crippen LogP contribution in [0.25, 0.3) is 5.69 Å². The van der Waals surface area contributed by atoms with Gasteiger partial charge in [-0.2, -0.15) is 20.7 Å². The minimum Gasteiger partial charge on any atom is -0.248 e. The van der Waals surface area contributed by atoms with Crippen LogP contribution < -0.4 is 5.01 Å². The van der Waals surface area contributed by atoms with Crippen molar-refractivity contribution in [2.75, 3.05) is 5.01 Å². The summed E-state index contributed by atoms with van der Waals surface area (Å²) in [5.74, 6) is 0. The highest BCUT2D eigenvalue weighted by Crippen LogP contribution is 2.30. The fourth-order valence-electron chi connectivity index (χ4n) is 3.27. The van der Waals surface area contributed by atoms with Crippen molar-refractivity contribution in [3.05, 3.63) is 76.0 Å². The van der Waals surface area contributed by atoms with Crippen molar-refractivity contribution in [2.24, 2.45) is 5.10 Å². The molecule has 4 rings (SSSR count). The van der Waals surface area contributed by atoms with E-state index in [2.05, 4.69) is 33.2 Å². The zero-order valence-electron chi connectivity index (χ0n) is 15.0. The van der Waals surface area contributed by atoms with Gasteiger partial charge >= 0.3 is 0 Å². The lowest BCUT2D eigenvalue weighted by atomic mass is 10.1. The van der Waals surface area contributed by atoms with Crippen LogP contribution in [0.1, 0.15) is 23.4 Å². The Morgan fingerprint density at radius 1 is 1.04 bits per heavy atom. The molecule has 0 bridgehead atoms. The molecule has 3 aromatic rings. The molecule has 2 heterocycles. The first-order valence-electron chi connectivity index (χ1n) is 8.69. The van der Waals surface area contributed by atoms with Gasteiger partial charge in [-0.15, -0.1) is 0 Å². The Kier molecular flexibility index (Phi) is 4.68. The van der Waals surface area contributed by atoms with Gasteiger partial charge in [-0.1, -0.05) is 34.1 Å². The van der Waals surface area contributed by atoms with Crippen LogP contribution in [0.5, 0.6) is 0 Å². The van der Waals surface area contributed by atoms with Crippen molar-refractivity contribution in [2.45, 2.75) is 19.4 Å². The highest BCUT2D eigenvalue weighted by Gasteiger charge is 2.32. The van der Waals surface area contributed by atoms with Gasteiger partial charge in [0.25, 0.3) is 0 Å². The third kappa shape index (κ3) is 3.06. The van der Waals surface area contributed by atoms with E-state index in [9.17, 15) is 10.5 Å². The van der Waals surface area contributed by atoms with Crippen molar-refractivity contribution in [3.8, 4) is 17.8 Å². The summed E-state index contributed by atoms with van der Waals surface area (Å²) in [6, 6.07) is 21.4. The van der Waals surface area contributed by atoms with Gasteiger partial charge in [-0.3, -0.25) is 0 Å². The van der Waals surface area contributed by atoms with E-state index in [1.807, 2.05) is 61.5 Å². The number of benzene rings is 2. The molecule has 28 heavy (non-hydrogen) atoms. The molecule has 1 unspecified atom stereocenters. The number of aromatic nitrogens is 2. The predicted molar refractivity (Wildman–Crippen MR) is 110 cm³/mol. The van der Waals surface area contributed by atoms with Crippen LogP contribution in [-0.4, -0.2) is 21.5 Å². The van der Waals surface area contributed by atoms with E-state index in [-0.39, 0.29) is 0 Å². The number of rotatable bonds is 3. The zero-order chi connectivity index (χ0) is 19.7. The lowest BCUT2D eigenvalue weighted by molar-refractivity contribution is 0.798. The van der Waals surface area contributed by atoms with Gasteiger partial charge in [0, 0.05) is 10.9 Å². The van der Waals surface area contributed by atoms with E-state index in [0.29, 0.717) is 29.1 Å². The van der Waals surface area contributed by atoms with Gasteiger partial charge in [-0.05, 0) is 43.3 Å². The predicted octanol–water partition coefficient (Wildman–Crippen LogP) is 4.32. The SMILES string of the molecule is Cc1nn(-c2ccccc2)c(C2=NN(c3ccc(Br)cc3)C(C#N)C2)c1C#N. The minimum absolute atomic E-state index is 0.416. The maximum Gasteiger partial charge on any atom is 0.144 e. The average molecular weight is 431 g/mol. The summed E-state index contributed by atoms with van der Waals surface area (Å²) < 4.78 is 2.70. The minimum atomic E-state index is -0.442. The van der Waals surface area contributed by atoms with Crippen LogP contribution in [0, 0.1) is 29.6 Å². The molecule has 6 nitrogen and oxygen atoms in total. The van der Waals surface area contributed by atoms with Crippen LogP contribution in [0.3, 0.4) is 0 Å². The van der Waals surface area contributed by atoms with E-state index in [1.165, 1.54) is 0 Å². The number of halogens is 1. The molecule has 0 aliphatic carbocycles. The first-order chi connectivity index (χ1) is 13.6. The van der Waals surface area contributed by atoms with Gasteiger partial charge in [-0.25, -0.2) is 9.69 Å². The molecule has 0 N–H and O–H groups in total. The molecule has 2 aromatic carbocycles. The fraction of sp³-hybridized carbons (Fsp3) is 0.143. The molecule has 0 saturated heterocycles. The van der Waals surface area contributed by atoms with E-state index in [4.69, 9.17) is 5.10 Å². The van der Waals surface area contributed by atoms with Crippen LogP contribution in [0.15, 0.2) is 64.2 Å². The van der Waals surface area contributed by atoms with Gasteiger partial charge in [0.05, 0.1) is 28.8 Å². The first-order valence-corrected chi connectivity index (χ1v) is 9.49. The Labute approximate surface area is 171 Å². The Bertz CT molecular complexity index is 1130. The summed E-state index contributed by atoms with van der Waals surface area (Å²) >= 11 is 3.42. The molecule has 0 saturated carbocycles. The number of hydrogen-bond acceptors (Lipinski definition) is 5. The smallest absolute Gasteiger partial charge is 0.144 e. The molecular formula is C21H15BrN6. The lowest BCUT2D eigenvalue weighted by Gasteiger charge is -2.17. The van der Waals surface area contributed by atoms with Crippen molar-refractivity contribution in [3.63, 3.8) is 0 Å². The Morgan fingerprint density at radius 3 is 2.39 bits per heavy atom. The first kappa shape index (κ1) is 18.0. The van der Waals surface area contributed by atoms with Crippen LogP contribution in [0.4, 0.5) is 5.69 Å². The van der Waals surface area contributed by atoms with E-state index >= 15 is 0 Å². The third-order valence-corrected chi connectivity index (χ3v) is 5.13. The average Bonchev–Trinajstić information content (AvgIpc) is 3.29. The molecular weight excluding hydrogens is 416 g/mol. The molecule has 7 heteroatoms. The number of anilines is 1. The molecule has 1 atom stereocenters. The summed E-state index contributed by atoms with van der Waals surface area (Å²) in [5, 5.41) is 30.4. The summed E-state index contributed by atoms with van der Waals surface area (Å²) in [6.45, 7) is 1.81. The molecule has 0 amide bonds. The van der Waals surface area contributed by atoms with Crippen LogP contribution >= 0.6 is 15.9 Å². The van der Waals surface area contributed by atoms with Crippen LogP contribution in [0.2, 0.25) is 0 Å². The number of hydrogen-bond donors (Lipinski definition) is 0.